The minimum Gasteiger partial charge on any atom is -0.384 e. The van der Waals surface area contributed by atoms with Crippen LogP contribution >= 0.6 is 23.2 Å². The molecule has 2 nitrogen and oxygen atoms in total. The van der Waals surface area contributed by atoms with E-state index in [-0.39, 0.29) is 0 Å². The fraction of sp³-hybridized carbons (Fsp3) is 0.0769. The molecular formula is C13H11Cl2NO. The van der Waals surface area contributed by atoms with Crippen LogP contribution in [0, 0.1) is 0 Å². The van der Waals surface area contributed by atoms with Gasteiger partial charge in [0.05, 0.1) is 21.8 Å². The first kappa shape index (κ1) is 12.2. The van der Waals surface area contributed by atoms with Crippen molar-refractivity contribution in [2.24, 2.45) is 0 Å². The predicted molar refractivity (Wildman–Crippen MR) is 72.5 cm³/mol. The number of aliphatic hydroxyl groups is 1. The summed E-state index contributed by atoms with van der Waals surface area (Å²) in [6.45, 7) is 3.81. The van der Waals surface area contributed by atoms with Crippen LogP contribution in [0.2, 0.25) is 10.0 Å². The quantitative estimate of drug-likeness (QED) is 0.855. The maximum absolute atomic E-state index is 9.63. The number of halogens is 2. The molecule has 1 unspecified atom stereocenters. The first-order valence-electron chi connectivity index (χ1n) is 5.06. The zero-order chi connectivity index (χ0) is 12.4. The predicted octanol–water partition coefficient (Wildman–Crippen LogP) is 3.78. The first-order valence-corrected chi connectivity index (χ1v) is 5.82. The lowest BCUT2D eigenvalue weighted by atomic mass is 10.0. The van der Waals surface area contributed by atoms with Gasteiger partial charge in [-0.25, -0.2) is 0 Å². The second-order valence-corrected chi connectivity index (χ2v) is 4.47. The number of hydrogen-bond donors (Lipinski definition) is 2. The average Bonchev–Trinajstić information content (AvgIpc) is 2.29. The number of aliphatic hydroxyl groups excluding tert-OH is 1. The number of hydrogen-bond acceptors (Lipinski definition) is 2. The van der Waals surface area contributed by atoms with Crippen molar-refractivity contribution in [1.82, 2.24) is 0 Å². The summed E-state index contributed by atoms with van der Waals surface area (Å²) in [5.41, 5.74) is 1.91. The van der Waals surface area contributed by atoms with Crippen molar-refractivity contribution < 1.29 is 5.11 Å². The Bertz CT molecular complexity index is 500. The lowest BCUT2D eigenvalue weighted by Crippen LogP contribution is -2.15. The minimum absolute atomic E-state index is 0.523. The van der Waals surface area contributed by atoms with E-state index in [0.717, 1.165) is 0 Å². The molecule has 0 heterocycles. The lowest BCUT2D eigenvalue weighted by molar-refractivity contribution is 0.261. The molecule has 0 aliphatic heterocycles. The zero-order valence-corrected chi connectivity index (χ0v) is 10.5. The molecule has 17 heavy (non-hydrogen) atoms. The standard InChI is InChI=1S/C13H11Cl2NO/c1-8-11(6-3-7-12(8)17)16-13-9(14)4-2-5-10(13)15/h2-7,12,16-17H,1H2. The van der Waals surface area contributed by atoms with Gasteiger partial charge in [0, 0.05) is 11.3 Å². The van der Waals surface area contributed by atoms with Crippen molar-refractivity contribution in [3.63, 3.8) is 0 Å². The molecule has 0 aromatic heterocycles. The number of para-hydroxylation sites is 1. The highest BCUT2D eigenvalue weighted by molar-refractivity contribution is 6.39. The van der Waals surface area contributed by atoms with Crippen molar-refractivity contribution in [3.8, 4) is 0 Å². The van der Waals surface area contributed by atoms with Gasteiger partial charge in [-0.05, 0) is 18.2 Å². The molecule has 0 saturated heterocycles. The molecule has 2 rings (SSSR count). The second-order valence-electron chi connectivity index (χ2n) is 3.66. The van der Waals surface area contributed by atoms with Crippen molar-refractivity contribution >= 4 is 28.9 Å². The highest BCUT2D eigenvalue weighted by atomic mass is 35.5. The average molecular weight is 268 g/mol. The summed E-state index contributed by atoms with van der Waals surface area (Å²) in [5, 5.41) is 13.8. The summed E-state index contributed by atoms with van der Waals surface area (Å²) in [7, 11) is 0. The van der Waals surface area contributed by atoms with Crippen LogP contribution in [0.15, 0.2) is 54.3 Å². The fourth-order valence-electron chi connectivity index (χ4n) is 1.51. The third-order valence-electron chi connectivity index (χ3n) is 2.48. The Labute approximate surface area is 110 Å². The summed E-state index contributed by atoms with van der Waals surface area (Å²) < 4.78 is 0. The third-order valence-corrected chi connectivity index (χ3v) is 3.11. The van der Waals surface area contributed by atoms with Gasteiger partial charge in [-0.1, -0.05) is 48.0 Å². The Morgan fingerprint density at radius 1 is 1.24 bits per heavy atom. The highest BCUT2D eigenvalue weighted by Crippen LogP contribution is 2.32. The van der Waals surface area contributed by atoms with Crippen LogP contribution in [0.3, 0.4) is 0 Å². The summed E-state index contributed by atoms with van der Waals surface area (Å²) in [6, 6.07) is 5.26. The third kappa shape index (κ3) is 2.55. The van der Waals surface area contributed by atoms with Crippen molar-refractivity contribution in [2.45, 2.75) is 6.10 Å². The first-order chi connectivity index (χ1) is 8.09. The fourth-order valence-corrected chi connectivity index (χ4v) is 2.01. The molecular weight excluding hydrogens is 257 g/mol. The Kier molecular flexibility index (Phi) is 3.57. The second kappa shape index (κ2) is 4.96. The van der Waals surface area contributed by atoms with Crippen LogP contribution in [0.5, 0.6) is 0 Å². The van der Waals surface area contributed by atoms with Crippen LogP contribution in [0.1, 0.15) is 0 Å². The molecule has 0 fully saturated rings. The van der Waals surface area contributed by atoms with Gasteiger partial charge in [0.25, 0.3) is 0 Å². The van der Waals surface area contributed by atoms with Crippen LogP contribution in [-0.2, 0) is 0 Å². The van der Waals surface area contributed by atoms with Gasteiger partial charge in [0.15, 0.2) is 0 Å². The number of allylic oxidation sites excluding steroid dienone is 2. The molecule has 2 N–H and O–H groups in total. The summed E-state index contributed by atoms with van der Waals surface area (Å²) in [6.07, 6.45) is 4.55. The maximum atomic E-state index is 9.63. The van der Waals surface area contributed by atoms with Gasteiger partial charge in [-0.15, -0.1) is 0 Å². The normalized spacial score (nSPS) is 19.1. The molecule has 1 aliphatic rings. The largest absolute Gasteiger partial charge is 0.384 e. The van der Waals surface area contributed by atoms with E-state index >= 15 is 0 Å². The van der Waals surface area contributed by atoms with E-state index in [1.54, 1.807) is 30.4 Å². The number of benzene rings is 1. The summed E-state index contributed by atoms with van der Waals surface area (Å²) in [4.78, 5) is 0. The molecule has 88 valence electrons. The zero-order valence-electron chi connectivity index (χ0n) is 8.95. The Balaban J connectivity index is 2.30. The lowest BCUT2D eigenvalue weighted by Gasteiger charge is -2.20. The molecule has 0 saturated carbocycles. The number of anilines is 1. The summed E-state index contributed by atoms with van der Waals surface area (Å²) in [5.74, 6) is 0. The van der Waals surface area contributed by atoms with E-state index in [0.29, 0.717) is 27.0 Å². The SMILES string of the molecule is C=C1C(Nc2c(Cl)cccc2Cl)=CC=CC1O. The van der Waals surface area contributed by atoms with Crippen molar-refractivity contribution in [2.75, 3.05) is 5.32 Å². The monoisotopic (exact) mass is 267 g/mol. The van der Waals surface area contributed by atoms with E-state index in [1.807, 2.05) is 6.08 Å². The van der Waals surface area contributed by atoms with Crippen molar-refractivity contribution in [1.29, 1.82) is 0 Å². The highest BCUT2D eigenvalue weighted by Gasteiger charge is 2.15. The van der Waals surface area contributed by atoms with Crippen LogP contribution in [0.4, 0.5) is 5.69 Å². The van der Waals surface area contributed by atoms with E-state index in [4.69, 9.17) is 23.2 Å². The molecule has 1 aromatic rings. The molecule has 0 spiro atoms. The smallest absolute Gasteiger partial charge is 0.0989 e. The molecule has 4 heteroatoms. The van der Waals surface area contributed by atoms with Gasteiger partial charge >= 0.3 is 0 Å². The molecule has 0 amide bonds. The molecule has 1 atom stereocenters. The van der Waals surface area contributed by atoms with E-state index < -0.39 is 6.10 Å². The number of rotatable bonds is 2. The Morgan fingerprint density at radius 2 is 1.88 bits per heavy atom. The molecule has 1 aromatic carbocycles. The summed E-state index contributed by atoms with van der Waals surface area (Å²) >= 11 is 12.1. The van der Waals surface area contributed by atoms with Crippen LogP contribution in [-0.4, -0.2) is 11.2 Å². The van der Waals surface area contributed by atoms with Gasteiger partial charge in [0.1, 0.15) is 0 Å². The molecule has 0 radical (unpaired) electrons. The van der Waals surface area contributed by atoms with Crippen molar-refractivity contribution in [3.05, 3.63) is 64.3 Å². The van der Waals surface area contributed by atoms with Gasteiger partial charge < -0.3 is 10.4 Å². The topological polar surface area (TPSA) is 32.3 Å². The van der Waals surface area contributed by atoms with E-state index in [1.165, 1.54) is 0 Å². The minimum atomic E-state index is -0.677. The Hall–Kier alpha value is -1.22. The van der Waals surface area contributed by atoms with Crippen LogP contribution < -0.4 is 5.32 Å². The van der Waals surface area contributed by atoms with Gasteiger partial charge in [0.2, 0.25) is 0 Å². The Morgan fingerprint density at radius 3 is 2.53 bits per heavy atom. The van der Waals surface area contributed by atoms with Gasteiger partial charge in [-0.3, -0.25) is 0 Å². The van der Waals surface area contributed by atoms with Crippen LogP contribution in [0.25, 0.3) is 0 Å². The number of nitrogens with one attached hydrogen (secondary N) is 1. The molecule has 0 bridgehead atoms. The van der Waals surface area contributed by atoms with E-state index in [2.05, 4.69) is 11.9 Å². The van der Waals surface area contributed by atoms with Gasteiger partial charge in [-0.2, -0.15) is 0 Å². The van der Waals surface area contributed by atoms with E-state index in [9.17, 15) is 5.11 Å². The maximum Gasteiger partial charge on any atom is 0.0989 e. The molecule has 1 aliphatic carbocycles.